The van der Waals surface area contributed by atoms with Gasteiger partial charge in [0.1, 0.15) is 0 Å². The molecule has 0 aromatic rings. The lowest BCUT2D eigenvalue weighted by Gasteiger charge is -2.37. The van der Waals surface area contributed by atoms with Gasteiger partial charge < -0.3 is 5.32 Å². The van der Waals surface area contributed by atoms with Crippen molar-refractivity contribution in [2.75, 3.05) is 18.1 Å². The summed E-state index contributed by atoms with van der Waals surface area (Å²) in [4.78, 5) is 0. The van der Waals surface area contributed by atoms with Crippen LogP contribution in [0.1, 0.15) is 53.4 Å². The van der Waals surface area contributed by atoms with Gasteiger partial charge in [0.2, 0.25) is 0 Å². The standard InChI is InChI=1S/C15H31NS/c1-5-9-16-15(11-17-6-2)14-8-7-12(3)13(4)10-14/h12-16H,5-11H2,1-4H3. The van der Waals surface area contributed by atoms with Crippen LogP contribution in [0.3, 0.4) is 0 Å². The molecule has 0 radical (unpaired) electrons. The molecule has 0 aromatic carbocycles. The van der Waals surface area contributed by atoms with Crippen molar-refractivity contribution in [3.63, 3.8) is 0 Å². The SMILES string of the molecule is CCCNC(CSCC)C1CCC(C)C(C)C1. The fraction of sp³-hybridized carbons (Fsp3) is 1.00. The summed E-state index contributed by atoms with van der Waals surface area (Å²) in [5, 5.41) is 3.79. The highest BCUT2D eigenvalue weighted by molar-refractivity contribution is 7.99. The molecule has 0 saturated heterocycles. The topological polar surface area (TPSA) is 12.0 Å². The second kappa shape index (κ2) is 8.42. The van der Waals surface area contributed by atoms with Crippen LogP contribution in [0.2, 0.25) is 0 Å². The Bertz CT molecular complexity index is 187. The summed E-state index contributed by atoms with van der Waals surface area (Å²) >= 11 is 2.10. The van der Waals surface area contributed by atoms with Crippen molar-refractivity contribution in [3.8, 4) is 0 Å². The molecule has 1 rings (SSSR count). The van der Waals surface area contributed by atoms with Crippen molar-refractivity contribution in [3.05, 3.63) is 0 Å². The Kier molecular flexibility index (Phi) is 7.61. The van der Waals surface area contributed by atoms with E-state index in [9.17, 15) is 0 Å². The van der Waals surface area contributed by atoms with Crippen LogP contribution in [0.15, 0.2) is 0 Å². The quantitative estimate of drug-likeness (QED) is 0.734. The molecule has 4 atom stereocenters. The van der Waals surface area contributed by atoms with Crippen molar-refractivity contribution < 1.29 is 0 Å². The molecule has 1 aliphatic carbocycles. The molecular weight excluding hydrogens is 226 g/mol. The molecule has 1 fully saturated rings. The lowest BCUT2D eigenvalue weighted by molar-refractivity contribution is 0.178. The van der Waals surface area contributed by atoms with Crippen molar-refractivity contribution in [1.29, 1.82) is 0 Å². The fourth-order valence-corrected chi connectivity index (χ4v) is 3.77. The molecule has 0 spiro atoms. The summed E-state index contributed by atoms with van der Waals surface area (Å²) in [6, 6.07) is 0.759. The zero-order chi connectivity index (χ0) is 12.7. The number of thioether (sulfide) groups is 1. The molecule has 0 heterocycles. The van der Waals surface area contributed by atoms with E-state index in [1.807, 2.05) is 0 Å². The number of hydrogen-bond acceptors (Lipinski definition) is 2. The summed E-state index contributed by atoms with van der Waals surface area (Å²) in [6.45, 7) is 10.6. The molecule has 2 heteroatoms. The molecule has 4 unspecified atom stereocenters. The molecule has 102 valence electrons. The predicted octanol–water partition coefficient (Wildman–Crippen LogP) is 4.18. The van der Waals surface area contributed by atoms with E-state index in [4.69, 9.17) is 0 Å². The van der Waals surface area contributed by atoms with Gasteiger partial charge in [-0.3, -0.25) is 0 Å². The Labute approximate surface area is 113 Å². The van der Waals surface area contributed by atoms with E-state index in [1.165, 1.54) is 43.7 Å². The lowest BCUT2D eigenvalue weighted by atomic mass is 9.73. The highest BCUT2D eigenvalue weighted by Gasteiger charge is 2.29. The van der Waals surface area contributed by atoms with Crippen molar-refractivity contribution in [2.45, 2.75) is 59.4 Å². The van der Waals surface area contributed by atoms with Crippen LogP contribution in [0.25, 0.3) is 0 Å². The summed E-state index contributed by atoms with van der Waals surface area (Å²) in [5.74, 6) is 5.35. The van der Waals surface area contributed by atoms with Crippen LogP contribution in [0.4, 0.5) is 0 Å². The van der Waals surface area contributed by atoms with Gasteiger partial charge in [0.05, 0.1) is 0 Å². The first-order valence-corrected chi connectivity index (χ1v) is 8.65. The van der Waals surface area contributed by atoms with Crippen LogP contribution >= 0.6 is 11.8 Å². The summed E-state index contributed by atoms with van der Waals surface area (Å²) in [5.41, 5.74) is 0. The Hall–Kier alpha value is 0.310. The van der Waals surface area contributed by atoms with E-state index in [-0.39, 0.29) is 0 Å². The highest BCUT2D eigenvalue weighted by atomic mass is 32.2. The predicted molar refractivity (Wildman–Crippen MR) is 80.7 cm³/mol. The van der Waals surface area contributed by atoms with Gasteiger partial charge in [-0.2, -0.15) is 11.8 Å². The van der Waals surface area contributed by atoms with E-state index < -0.39 is 0 Å². The summed E-state index contributed by atoms with van der Waals surface area (Å²) in [6.07, 6.45) is 5.57. The monoisotopic (exact) mass is 257 g/mol. The van der Waals surface area contributed by atoms with Gasteiger partial charge in [0, 0.05) is 11.8 Å². The molecule has 1 N–H and O–H groups in total. The average molecular weight is 257 g/mol. The van der Waals surface area contributed by atoms with Gasteiger partial charge in [-0.15, -0.1) is 0 Å². The summed E-state index contributed by atoms with van der Waals surface area (Å²) < 4.78 is 0. The van der Waals surface area contributed by atoms with E-state index in [1.54, 1.807) is 0 Å². The molecule has 0 amide bonds. The zero-order valence-corrected chi connectivity index (χ0v) is 13.0. The minimum atomic E-state index is 0.759. The minimum absolute atomic E-state index is 0.759. The average Bonchev–Trinajstić information content (AvgIpc) is 2.33. The van der Waals surface area contributed by atoms with E-state index >= 15 is 0 Å². The van der Waals surface area contributed by atoms with Crippen LogP contribution in [-0.4, -0.2) is 24.1 Å². The summed E-state index contributed by atoms with van der Waals surface area (Å²) in [7, 11) is 0. The molecule has 1 nitrogen and oxygen atoms in total. The van der Waals surface area contributed by atoms with Crippen LogP contribution in [0.5, 0.6) is 0 Å². The first kappa shape index (κ1) is 15.4. The normalized spacial score (nSPS) is 31.4. The van der Waals surface area contributed by atoms with Crippen LogP contribution in [-0.2, 0) is 0 Å². The molecule has 0 aromatic heterocycles. The smallest absolute Gasteiger partial charge is 0.0186 e. The molecule has 17 heavy (non-hydrogen) atoms. The molecule has 1 saturated carbocycles. The third kappa shape index (κ3) is 5.21. The fourth-order valence-electron chi connectivity index (χ4n) is 2.89. The highest BCUT2D eigenvalue weighted by Crippen LogP contribution is 2.35. The van der Waals surface area contributed by atoms with E-state index in [2.05, 4.69) is 44.8 Å². The molecule has 0 bridgehead atoms. The third-order valence-electron chi connectivity index (χ3n) is 4.37. The molecule has 0 aliphatic heterocycles. The third-order valence-corrected chi connectivity index (χ3v) is 5.37. The van der Waals surface area contributed by atoms with Gasteiger partial charge >= 0.3 is 0 Å². The van der Waals surface area contributed by atoms with Gasteiger partial charge in [-0.05, 0) is 49.3 Å². The van der Waals surface area contributed by atoms with E-state index in [0.29, 0.717) is 0 Å². The van der Waals surface area contributed by atoms with Crippen molar-refractivity contribution >= 4 is 11.8 Å². The maximum atomic E-state index is 3.79. The lowest BCUT2D eigenvalue weighted by Crippen LogP contribution is -2.41. The molecular formula is C15H31NS. The largest absolute Gasteiger partial charge is 0.313 e. The maximum absolute atomic E-state index is 3.79. The minimum Gasteiger partial charge on any atom is -0.313 e. The molecule has 1 aliphatic rings. The Morgan fingerprint density at radius 3 is 2.53 bits per heavy atom. The zero-order valence-electron chi connectivity index (χ0n) is 12.2. The second-order valence-electron chi connectivity index (χ2n) is 5.75. The first-order chi connectivity index (χ1) is 8.19. The van der Waals surface area contributed by atoms with Gasteiger partial charge in [0.15, 0.2) is 0 Å². The van der Waals surface area contributed by atoms with Crippen LogP contribution < -0.4 is 5.32 Å². The van der Waals surface area contributed by atoms with Crippen molar-refractivity contribution in [1.82, 2.24) is 5.32 Å². The van der Waals surface area contributed by atoms with Crippen molar-refractivity contribution in [2.24, 2.45) is 17.8 Å². The Morgan fingerprint density at radius 2 is 1.94 bits per heavy atom. The number of nitrogens with one attached hydrogen (secondary N) is 1. The Balaban J connectivity index is 2.44. The van der Waals surface area contributed by atoms with Crippen LogP contribution in [0, 0.1) is 17.8 Å². The first-order valence-electron chi connectivity index (χ1n) is 7.50. The Morgan fingerprint density at radius 1 is 1.18 bits per heavy atom. The maximum Gasteiger partial charge on any atom is 0.0186 e. The van der Waals surface area contributed by atoms with Gasteiger partial charge in [-0.25, -0.2) is 0 Å². The van der Waals surface area contributed by atoms with E-state index in [0.717, 1.165) is 23.8 Å². The van der Waals surface area contributed by atoms with Gasteiger partial charge in [0.25, 0.3) is 0 Å². The second-order valence-corrected chi connectivity index (χ2v) is 7.07. The number of hydrogen-bond donors (Lipinski definition) is 1. The van der Waals surface area contributed by atoms with Gasteiger partial charge in [-0.1, -0.05) is 34.1 Å². The number of rotatable bonds is 7.